The molecule has 0 amide bonds. The van der Waals surface area contributed by atoms with Crippen molar-refractivity contribution in [2.75, 3.05) is 0 Å². The molecule has 0 radical (unpaired) electrons. The largest absolute Gasteiger partial charge is 0.511 e. The molecule has 0 heterocycles. The standard InChI is InChI=1S/C10H8O4/c11-5-1-2-6(12)10-8(14)4-3-7(13)9(5)10/h1-4,9-12H/t9-,10-/m0/s1. The van der Waals surface area contributed by atoms with Gasteiger partial charge in [-0.05, 0) is 24.3 Å². The molecule has 0 spiro atoms. The molecule has 4 nitrogen and oxygen atoms in total. The van der Waals surface area contributed by atoms with E-state index in [1.165, 1.54) is 12.2 Å². The number of rotatable bonds is 0. The lowest BCUT2D eigenvalue weighted by Gasteiger charge is -2.27. The number of carbonyl (C=O) groups excluding carboxylic acids is 2. The van der Waals surface area contributed by atoms with Gasteiger partial charge in [-0.25, -0.2) is 0 Å². The molecule has 2 aliphatic carbocycles. The summed E-state index contributed by atoms with van der Waals surface area (Å²) in [5, 5.41) is 18.8. The normalized spacial score (nSPS) is 30.9. The van der Waals surface area contributed by atoms with E-state index in [4.69, 9.17) is 0 Å². The van der Waals surface area contributed by atoms with Crippen molar-refractivity contribution >= 4 is 11.6 Å². The molecule has 4 heteroatoms. The van der Waals surface area contributed by atoms with Gasteiger partial charge < -0.3 is 10.2 Å². The Hall–Kier alpha value is -1.84. The van der Waals surface area contributed by atoms with E-state index in [1.807, 2.05) is 0 Å². The molecule has 0 saturated carbocycles. The molecule has 72 valence electrons. The minimum absolute atomic E-state index is 0.171. The van der Waals surface area contributed by atoms with E-state index >= 15 is 0 Å². The van der Waals surface area contributed by atoms with Gasteiger partial charge in [-0.3, -0.25) is 9.59 Å². The molecular weight excluding hydrogens is 184 g/mol. The van der Waals surface area contributed by atoms with Gasteiger partial charge in [0.2, 0.25) is 0 Å². The van der Waals surface area contributed by atoms with Crippen molar-refractivity contribution in [3.63, 3.8) is 0 Å². The number of aliphatic hydroxyl groups is 2. The summed E-state index contributed by atoms with van der Waals surface area (Å²) in [5.74, 6) is -2.92. The third-order valence-electron chi connectivity index (χ3n) is 2.42. The van der Waals surface area contributed by atoms with Crippen LogP contribution in [-0.2, 0) is 9.59 Å². The smallest absolute Gasteiger partial charge is 0.167 e. The molecular formula is C10H8O4. The van der Waals surface area contributed by atoms with Gasteiger partial charge in [0.1, 0.15) is 11.5 Å². The van der Waals surface area contributed by atoms with E-state index in [0.29, 0.717) is 0 Å². The molecule has 0 aromatic heterocycles. The van der Waals surface area contributed by atoms with Crippen molar-refractivity contribution in [2.45, 2.75) is 0 Å². The molecule has 0 unspecified atom stereocenters. The molecule has 2 N–H and O–H groups in total. The van der Waals surface area contributed by atoms with Gasteiger partial charge in [0, 0.05) is 0 Å². The van der Waals surface area contributed by atoms with Crippen LogP contribution in [0.5, 0.6) is 0 Å². The second-order valence-electron chi connectivity index (χ2n) is 3.28. The van der Waals surface area contributed by atoms with E-state index in [9.17, 15) is 19.8 Å². The molecule has 0 saturated heterocycles. The topological polar surface area (TPSA) is 74.6 Å². The number of carbonyl (C=O) groups is 2. The van der Waals surface area contributed by atoms with Gasteiger partial charge in [-0.1, -0.05) is 0 Å². The van der Waals surface area contributed by atoms with Crippen LogP contribution in [0.2, 0.25) is 0 Å². The maximum Gasteiger partial charge on any atom is 0.167 e. The van der Waals surface area contributed by atoms with Gasteiger partial charge in [-0.2, -0.15) is 0 Å². The summed E-state index contributed by atoms with van der Waals surface area (Å²) in [4.78, 5) is 22.7. The van der Waals surface area contributed by atoms with Crippen molar-refractivity contribution in [1.29, 1.82) is 0 Å². The lowest BCUT2D eigenvalue weighted by atomic mass is 9.76. The summed E-state index contributed by atoms with van der Waals surface area (Å²) in [7, 11) is 0. The molecule has 2 rings (SSSR count). The highest BCUT2D eigenvalue weighted by Gasteiger charge is 2.41. The van der Waals surface area contributed by atoms with Crippen molar-refractivity contribution in [1.82, 2.24) is 0 Å². The van der Waals surface area contributed by atoms with Gasteiger partial charge in [-0.15, -0.1) is 0 Å². The maximum atomic E-state index is 11.4. The third kappa shape index (κ3) is 1.08. The summed E-state index contributed by atoms with van der Waals surface area (Å²) >= 11 is 0. The zero-order chi connectivity index (χ0) is 10.3. The van der Waals surface area contributed by atoms with Crippen LogP contribution in [-0.4, -0.2) is 21.8 Å². The first kappa shape index (κ1) is 8.74. The molecule has 0 aromatic rings. The highest BCUT2D eigenvalue weighted by molar-refractivity contribution is 6.09. The fourth-order valence-electron chi connectivity index (χ4n) is 1.71. The number of hydrogen-bond donors (Lipinski definition) is 2. The van der Waals surface area contributed by atoms with Crippen molar-refractivity contribution in [2.24, 2.45) is 11.8 Å². The van der Waals surface area contributed by atoms with Crippen molar-refractivity contribution < 1.29 is 19.8 Å². The summed E-state index contributed by atoms with van der Waals surface area (Å²) in [6.45, 7) is 0. The number of ketones is 2. The monoisotopic (exact) mass is 192 g/mol. The Kier molecular flexibility index (Phi) is 1.77. The first-order valence-corrected chi connectivity index (χ1v) is 4.16. The zero-order valence-electron chi connectivity index (χ0n) is 7.18. The Morgan fingerprint density at radius 1 is 0.857 bits per heavy atom. The fraction of sp³-hybridized carbons (Fsp3) is 0.200. The number of hydrogen-bond acceptors (Lipinski definition) is 4. The molecule has 2 atom stereocenters. The van der Waals surface area contributed by atoms with Crippen LogP contribution in [0.4, 0.5) is 0 Å². The Balaban J connectivity index is 2.52. The maximum absolute atomic E-state index is 11.4. The summed E-state index contributed by atoms with van der Waals surface area (Å²) < 4.78 is 0. The average Bonchev–Trinajstić information content (AvgIpc) is 2.16. The van der Waals surface area contributed by atoms with Crippen LogP contribution < -0.4 is 0 Å². The molecule has 0 aromatic carbocycles. The van der Waals surface area contributed by atoms with E-state index in [1.54, 1.807) is 0 Å². The molecule has 0 bridgehead atoms. The van der Waals surface area contributed by atoms with Crippen LogP contribution in [0.1, 0.15) is 0 Å². The van der Waals surface area contributed by atoms with E-state index in [0.717, 1.165) is 12.2 Å². The molecule has 0 fully saturated rings. The molecule has 2 aliphatic rings. The molecule has 0 aliphatic heterocycles. The lowest BCUT2D eigenvalue weighted by molar-refractivity contribution is -0.128. The highest BCUT2D eigenvalue weighted by atomic mass is 16.3. The number of aliphatic hydroxyl groups excluding tert-OH is 2. The molecule has 14 heavy (non-hydrogen) atoms. The van der Waals surface area contributed by atoms with E-state index in [2.05, 4.69) is 0 Å². The second kappa shape index (κ2) is 2.83. The first-order valence-electron chi connectivity index (χ1n) is 4.16. The van der Waals surface area contributed by atoms with Crippen LogP contribution in [0.3, 0.4) is 0 Å². The average molecular weight is 192 g/mol. The van der Waals surface area contributed by atoms with E-state index < -0.39 is 11.8 Å². The lowest BCUT2D eigenvalue weighted by Crippen LogP contribution is -2.36. The van der Waals surface area contributed by atoms with Crippen molar-refractivity contribution in [3.8, 4) is 0 Å². The number of fused-ring (bicyclic) bond motifs is 1. The van der Waals surface area contributed by atoms with Gasteiger partial charge >= 0.3 is 0 Å². The van der Waals surface area contributed by atoms with Crippen LogP contribution >= 0.6 is 0 Å². The summed E-state index contributed by atoms with van der Waals surface area (Å²) in [5.41, 5.74) is 0. The number of allylic oxidation sites excluding steroid dienone is 6. The predicted octanol–water partition coefficient (Wildman–Crippen LogP) is 0.824. The SMILES string of the molecule is O=C1C=CC(=O)[C@@H]2C(O)=CC=C(O)[C@@H]12. The van der Waals surface area contributed by atoms with Crippen LogP contribution in [0, 0.1) is 11.8 Å². The predicted molar refractivity (Wildman–Crippen MR) is 47.6 cm³/mol. The fourth-order valence-corrected chi connectivity index (χ4v) is 1.71. The van der Waals surface area contributed by atoms with Gasteiger partial charge in [0.15, 0.2) is 11.6 Å². The first-order chi connectivity index (χ1) is 6.61. The second-order valence-corrected chi connectivity index (χ2v) is 3.28. The van der Waals surface area contributed by atoms with Gasteiger partial charge in [0.25, 0.3) is 0 Å². The van der Waals surface area contributed by atoms with Crippen molar-refractivity contribution in [3.05, 3.63) is 35.8 Å². The Labute approximate surface area is 79.9 Å². The summed E-state index contributed by atoms with van der Waals surface area (Å²) in [6, 6.07) is 0. The zero-order valence-corrected chi connectivity index (χ0v) is 7.18. The highest BCUT2D eigenvalue weighted by Crippen LogP contribution is 2.33. The van der Waals surface area contributed by atoms with E-state index in [-0.39, 0.29) is 23.1 Å². The third-order valence-corrected chi connectivity index (χ3v) is 2.42. The Morgan fingerprint density at radius 3 is 1.57 bits per heavy atom. The minimum Gasteiger partial charge on any atom is -0.511 e. The van der Waals surface area contributed by atoms with Crippen LogP contribution in [0.15, 0.2) is 35.8 Å². The van der Waals surface area contributed by atoms with Gasteiger partial charge in [0.05, 0.1) is 11.8 Å². The Bertz CT molecular complexity index is 362. The minimum atomic E-state index is -0.933. The quantitative estimate of drug-likeness (QED) is 0.596. The summed E-state index contributed by atoms with van der Waals surface area (Å²) in [6.07, 6.45) is 4.74. The Morgan fingerprint density at radius 2 is 1.21 bits per heavy atom. The van der Waals surface area contributed by atoms with Crippen LogP contribution in [0.25, 0.3) is 0 Å².